The van der Waals surface area contributed by atoms with Gasteiger partial charge in [0.25, 0.3) is 0 Å². The van der Waals surface area contributed by atoms with Crippen molar-refractivity contribution >= 4 is 0 Å². The van der Waals surface area contributed by atoms with Crippen molar-refractivity contribution in [2.45, 2.75) is 31.8 Å². The number of rotatable bonds is 6. The number of ether oxygens (including phenoxy) is 1. The van der Waals surface area contributed by atoms with Crippen molar-refractivity contribution < 1.29 is 9.84 Å². The number of hydrogen-bond acceptors (Lipinski definition) is 3. The summed E-state index contributed by atoms with van der Waals surface area (Å²) in [4.78, 5) is 2.34. The predicted octanol–water partition coefficient (Wildman–Crippen LogP) is 0.478. The standard InChI is InChI=1S/C9H19NO2/c1-8(7-12-2)10(5-6-11)9-3-4-9/h8-9,11H,3-7H2,1-2H3. The lowest BCUT2D eigenvalue weighted by Gasteiger charge is -2.27. The van der Waals surface area contributed by atoms with Crippen molar-refractivity contribution in [3.63, 3.8) is 0 Å². The van der Waals surface area contributed by atoms with Crippen LogP contribution in [0.15, 0.2) is 0 Å². The number of methoxy groups -OCH3 is 1. The van der Waals surface area contributed by atoms with E-state index in [4.69, 9.17) is 9.84 Å². The summed E-state index contributed by atoms with van der Waals surface area (Å²) in [6, 6.07) is 1.15. The highest BCUT2D eigenvalue weighted by molar-refractivity contribution is 4.87. The van der Waals surface area contributed by atoms with Crippen LogP contribution in [0.1, 0.15) is 19.8 Å². The van der Waals surface area contributed by atoms with E-state index in [0.717, 1.165) is 13.2 Å². The molecule has 0 aromatic heterocycles. The Bertz CT molecular complexity index is 126. The summed E-state index contributed by atoms with van der Waals surface area (Å²) in [5.74, 6) is 0. The third-order valence-corrected chi connectivity index (χ3v) is 2.35. The fourth-order valence-electron chi connectivity index (χ4n) is 1.62. The van der Waals surface area contributed by atoms with Gasteiger partial charge in [-0.15, -0.1) is 0 Å². The van der Waals surface area contributed by atoms with Crippen LogP contribution >= 0.6 is 0 Å². The van der Waals surface area contributed by atoms with Crippen molar-refractivity contribution in [3.05, 3.63) is 0 Å². The Morgan fingerprint density at radius 1 is 1.58 bits per heavy atom. The van der Waals surface area contributed by atoms with E-state index in [1.165, 1.54) is 12.8 Å². The zero-order chi connectivity index (χ0) is 8.97. The molecular formula is C9H19NO2. The van der Waals surface area contributed by atoms with Crippen LogP contribution in [0.25, 0.3) is 0 Å². The molecule has 0 aromatic rings. The second kappa shape index (κ2) is 4.80. The lowest BCUT2D eigenvalue weighted by atomic mass is 10.3. The van der Waals surface area contributed by atoms with Gasteiger partial charge in [-0.1, -0.05) is 0 Å². The van der Waals surface area contributed by atoms with Crippen LogP contribution in [0, 0.1) is 0 Å². The molecule has 72 valence electrons. The van der Waals surface area contributed by atoms with Gasteiger partial charge in [-0.25, -0.2) is 0 Å². The normalized spacial score (nSPS) is 20.0. The Kier molecular flexibility index (Phi) is 3.98. The monoisotopic (exact) mass is 173 g/mol. The van der Waals surface area contributed by atoms with Crippen molar-refractivity contribution in [3.8, 4) is 0 Å². The van der Waals surface area contributed by atoms with Crippen LogP contribution in [0.5, 0.6) is 0 Å². The first-order valence-electron chi connectivity index (χ1n) is 4.65. The van der Waals surface area contributed by atoms with Crippen LogP contribution in [0.2, 0.25) is 0 Å². The van der Waals surface area contributed by atoms with Gasteiger partial charge in [-0.2, -0.15) is 0 Å². The molecule has 0 aromatic carbocycles. The molecule has 0 spiro atoms. The first-order chi connectivity index (χ1) is 5.79. The molecule has 1 unspecified atom stereocenters. The lowest BCUT2D eigenvalue weighted by Crippen LogP contribution is -2.39. The van der Waals surface area contributed by atoms with Gasteiger partial charge in [0.1, 0.15) is 0 Å². The Morgan fingerprint density at radius 3 is 2.67 bits per heavy atom. The van der Waals surface area contributed by atoms with Crippen LogP contribution in [0.4, 0.5) is 0 Å². The minimum absolute atomic E-state index is 0.255. The molecule has 1 N–H and O–H groups in total. The van der Waals surface area contributed by atoms with Gasteiger partial charge in [0.05, 0.1) is 13.2 Å². The summed E-state index contributed by atoms with van der Waals surface area (Å²) < 4.78 is 5.09. The second-order valence-electron chi connectivity index (χ2n) is 3.50. The number of nitrogens with zero attached hydrogens (tertiary/aromatic N) is 1. The molecule has 0 radical (unpaired) electrons. The van der Waals surface area contributed by atoms with Gasteiger partial charge in [0, 0.05) is 25.7 Å². The largest absolute Gasteiger partial charge is 0.395 e. The van der Waals surface area contributed by atoms with E-state index in [-0.39, 0.29) is 6.61 Å². The molecule has 3 heteroatoms. The number of aliphatic hydroxyl groups is 1. The molecule has 0 aliphatic heterocycles. The molecule has 1 fully saturated rings. The fraction of sp³-hybridized carbons (Fsp3) is 1.00. The molecule has 1 saturated carbocycles. The SMILES string of the molecule is COCC(C)N(CCO)C1CC1. The molecule has 0 bridgehead atoms. The topological polar surface area (TPSA) is 32.7 Å². The lowest BCUT2D eigenvalue weighted by molar-refractivity contribution is 0.0801. The Labute approximate surface area is 74.3 Å². The third kappa shape index (κ3) is 2.73. The minimum Gasteiger partial charge on any atom is -0.395 e. The molecule has 1 aliphatic rings. The molecule has 12 heavy (non-hydrogen) atoms. The van der Waals surface area contributed by atoms with Crippen LogP contribution in [-0.4, -0.2) is 49.0 Å². The fourth-order valence-corrected chi connectivity index (χ4v) is 1.62. The summed E-state index contributed by atoms with van der Waals surface area (Å²) >= 11 is 0. The predicted molar refractivity (Wildman–Crippen MR) is 48.2 cm³/mol. The first-order valence-corrected chi connectivity index (χ1v) is 4.65. The third-order valence-electron chi connectivity index (χ3n) is 2.35. The molecule has 0 amide bonds. The van der Waals surface area contributed by atoms with Crippen LogP contribution in [0.3, 0.4) is 0 Å². The molecule has 1 rings (SSSR count). The van der Waals surface area contributed by atoms with E-state index in [1.807, 2.05) is 0 Å². The maximum Gasteiger partial charge on any atom is 0.0615 e. The van der Waals surface area contributed by atoms with E-state index in [1.54, 1.807) is 7.11 Å². The van der Waals surface area contributed by atoms with Gasteiger partial charge in [-0.05, 0) is 19.8 Å². The Hall–Kier alpha value is -0.120. The van der Waals surface area contributed by atoms with Crippen LogP contribution < -0.4 is 0 Å². The number of hydrogen-bond donors (Lipinski definition) is 1. The van der Waals surface area contributed by atoms with Crippen LogP contribution in [-0.2, 0) is 4.74 Å². The van der Waals surface area contributed by atoms with Gasteiger partial charge < -0.3 is 9.84 Å². The van der Waals surface area contributed by atoms with E-state index in [9.17, 15) is 0 Å². The zero-order valence-electron chi connectivity index (χ0n) is 7.99. The maximum atomic E-state index is 8.85. The van der Waals surface area contributed by atoms with Gasteiger partial charge >= 0.3 is 0 Å². The van der Waals surface area contributed by atoms with Gasteiger partial charge in [-0.3, -0.25) is 4.90 Å². The van der Waals surface area contributed by atoms with E-state index >= 15 is 0 Å². The highest BCUT2D eigenvalue weighted by Crippen LogP contribution is 2.28. The van der Waals surface area contributed by atoms with Crippen molar-refractivity contribution in [1.82, 2.24) is 4.90 Å². The smallest absolute Gasteiger partial charge is 0.0615 e. The molecular weight excluding hydrogens is 154 g/mol. The number of aliphatic hydroxyl groups excluding tert-OH is 1. The quantitative estimate of drug-likeness (QED) is 0.634. The Morgan fingerprint density at radius 2 is 2.25 bits per heavy atom. The highest BCUT2D eigenvalue weighted by atomic mass is 16.5. The van der Waals surface area contributed by atoms with Gasteiger partial charge in [0.15, 0.2) is 0 Å². The molecule has 0 heterocycles. The highest BCUT2D eigenvalue weighted by Gasteiger charge is 2.31. The summed E-state index contributed by atoms with van der Waals surface area (Å²) in [6.45, 7) is 3.95. The summed E-state index contributed by atoms with van der Waals surface area (Å²) in [7, 11) is 1.72. The summed E-state index contributed by atoms with van der Waals surface area (Å²) in [6.07, 6.45) is 2.57. The second-order valence-corrected chi connectivity index (χ2v) is 3.50. The average molecular weight is 173 g/mol. The molecule has 0 saturated heterocycles. The van der Waals surface area contributed by atoms with Gasteiger partial charge in [0.2, 0.25) is 0 Å². The first kappa shape index (κ1) is 9.96. The zero-order valence-corrected chi connectivity index (χ0v) is 7.99. The van der Waals surface area contributed by atoms with Crippen molar-refractivity contribution in [1.29, 1.82) is 0 Å². The molecule has 3 nitrogen and oxygen atoms in total. The molecule has 1 atom stereocenters. The van der Waals surface area contributed by atoms with E-state index in [2.05, 4.69) is 11.8 Å². The minimum atomic E-state index is 0.255. The average Bonchev–Trinajstić information content (AvgIpc) is 2.83. The summed E-state index contributed by atoms with van der Waals surface area (Å²) in [5.41, 5.74) is 0. The molecule has 1 aliphatic carbocycles. The summed E-state index contributed by atoms with van der Waals surface area (Å²) in [5, 5.41) is 8.85. The van der Waals surface area contributed by atoms with E-state index < -0.39 is 0 Å². The van der Waals surface area contributed by atoms with E-state index in [0.29, 0.717) is 12.1 Å². The van der Waals surface area contributed by atoms with Crippen molar-refractivity contribution in [2.75, 3.05) is 26.9 Å². The Balaban J connectivity index is 2.29. The van der Waals surface area contributed by atoms with Crippen molar-refractivity contribution in [2.24, 2.45) is 0 Å². The maximum absolute atomic E-state index is 8.85.